The van der Waals surface area contributed by atoms with E-state index in [1.165, 1.54) is 11.1 Å². The van der Waals surface area contributed by atoms with Crippen LogP contribution in [0.25, 0.3) is 0 Å². The van der Waals surface area contributed by atoms with Crippen molar-refractivity contribution >= 4 is 0 Å². The summed E-state index contributed by atoms with van der Waals surface area (Å²) in [6.07, 6.45) is 2.97. The van der Waals surface area contributed by atoms with E-state index in [-0.39, 0.29) is 11.0 Å². The molecule has 1 heterocycles. The molecule has 0 bridgehead atoms. The first-order valence-electron chi connectivity index (χ1n) is 9.12. The van der Waals surface area contributed by atoms with E-state index in [1.54, 1.807) is 12.1 Å². The van der Waals surface area contributed by atoms with Crippen LogP contribution in [0, 0.1) is 5.92 Å². The molecule has 0 spiro atoms. The summed E-state index contributed by atoms with van der Waals surface area (Å²) in [5.74, 6) is 1.66. The van der Waals surface area contributed by atoms with Crippen LogP contribution in [0.4, 0.5) is 0 Å². The van der Waals surface area contributed by atoms with Crippen LogP contribution in [-0.2, 0) is 5.41 Å². The quantitative estimate of drug-likeness (QED) is 0.784. The minimum atomic E-state index is -0.164. The van der Waals surface area contributed by atoms with Gasteiger partial charge in [0.2, 0.25) is 0 Å². The summed E-state index contributed by atoms with van der Waals surface area (Å²) in [5, 5.41) is 9.74. The largest absolute Gasteiger partial charge is 0.508 e. The minimum Gasteiger partial charge on any atom is -0.508 e. The van der Waals surface area contributed by atoms with Crippen LogP contribution in [0.1, 0.15) is 58.1 Å². The molecule has 0 amide bonds. The first kappa shape index (κ1) is 16.9. The van der Waals surface area contributed by atoms with Crippen LogP contribution < -0.4 is 4.74 Å². The number of phenolic OH excluding ortho intramolecular Hbond substituents is 1. The predicted molar refractivity (Wildman–Crippen MR) is 98.7 cm³/mol. The highest BCUT2D eigenvalue weighted by Crippen LogP contribution is 2.56. The van der Waals surface area contributed by atoms with Crippen molar-refractivity contribution in [2.75, 3.05) is 0 Å². The lowest BCUT2D eigenvalue weighted by molar-refractivity contribution is -0.0413. The van der Waals surface area contributed by atoms with Gasteiger partial charge in [-0.15, -0.1) is 0 Å². The Balaban J connectivity index is 2.30. The molecule has 0 saturated heterocycles. The van der Waals surface area contributed by atoms with Gasteiger partial charge in [-0.25, -0.2) is 0 Å². The van der Waals surface area contributed by atoms with Crippen molar-refractivity contribution in [3.05, 3.63) is 59.7 Å². The normalized spacial score (nSPS) is 24.9. The highest BCUT2D eigenvalue weighted by atomic mass is 16.5. The first-order valence-corrected chi connectivity index (χ1v) is 9.12. The third kappa shape index (κ3) is 2.23. The molecule has 2 atom stereocenters. The standard InChI is InChI=1S/C22H28O2/c1-5-21(6-2)16(4)22(7-3,17-12-14-18(23)15-13-17)19-10-8-9-11-20(19)24-21/h8-16,23H,5-7H2,1-4H3. The fourth-order valence-electron chi connectivity index (χ4n) is 4.79. The number of hydrogen-bond acceptors (Lipinski definition) is 2. The van der Waals surface area contributed by atoms with Crippen molar-refractivity contribution in [1.29, 1.82) is 0 Å². The van der Waals surface area contributed by atoms with Gasteiger partial charge in [-0.3, -0.25) is 0 Å². The highest BCUT2D eigenvalue weighted by molar-refractivity contribution is 5.51. The molecule has 2 aromatic rings. The summed E-state index contributed by atoms with van der Waals surface area (Å²) in [6.45, 7) is 9.05. The van der Waals surface area contributed by atoms with Gasteiger partial charge in [-0.1, -0.05) is 58.0 Å². The molecular weight excluding hydrogens is 296 g/mol. The third-order valence-electron chi connectivity index (χ3n) is 6.35. The van der Waals surface area contributed by atoms with E-state index < -0.39 is 0 Å². The lowest BCUT2D eigenvalue weighted by Gasteiger charge is -2.54. The monoisotopic (exact) mass is 324 g/mol. The van der Waals surface area contributed by atoms with Crippen molar-refractivity contribution in [2.45, 2.75) is 58.0 Å². The van der Waals surface area contributed by atoms with Gasteiger partial charge in [0.1, 0.15) is 17.1 Å². The van der Waals surface area contributed by atoms with Crippen LogP contribution >= 0.6 is 0 Å². The highest BCUT2D eigenvalue weighted by Gasteiger charge is 2.53. The Morgan fingerprint density at radius 1 is 0.917 bits per heavy atom. The predicted octanol–water partition coefficient (Wildman–Crippen LogP) is 5.68. The fourth-order valence-corrected chi connectivity index (χ4v) is 4.79. The van der Waals surface area contributed by atoms with Crippen LogP contribution in [0.15, 0.2) is 48.5 Å². The number of ether oxygens (including phenoxy) is 1. The van der Waals surface area contributed by atoms with Gasteiger partial charge in [0.15, 0.2) is 0 Å². The Morgan fingerprint density at radius 3 is 2.12 bits per heavy atom. The fraction of sp³-hybridized carbons (Fsp3) is 0.455. The van der Waals surface area contributed by atoms with Crippen molar-refractivity contribution in [1.82, 2.24) is 0 Å². The van der Waals surface area contributed by atoms with Crippen LogP contribution in [-0.4, -0.2) is 10.7 Å². The molecule has 2 unspecified atom stereocenters. The summed E-state index contributed by atoms with van der Waals surface area (Å²) in [6, 6.07) is 16.2. The molecule has 0 aliphatic carbocycles. The average molecular weight is 324 g/mol. The van der Waals surface area contributed by atoms with E-state index in [2.05, 4.69) is 64.1 Å². The van der Waals surface area contributed by atoms with Gasteiger partial charge in [0, 0.05) is 16.9 Å². The SMILES string of the molecule is CCC1(CC)Oc2ccccc2C(CC)(c2ccc(O)cc2)C1C. The van der Waals surface area contributed by atoms with E-state index in [0.717, 1.165) is 25.0 Å². The molecule has 2 heteroatoms. The molecular formula is C22H28O2. The summed E-state index contributed by atoms with van der Waals surface area (Å²) in [7, 11) is 0. The zero-order chi connectivity index (χ0) is 17.4. The topological polar surface area (TPSA) is 29.5 Å². The van der Waals surface area contributed by atoms with Gasteiger partial charge in [-0.2, -0.15) is 0 Å². The maximum absolute atomic E-state index is 9.74. The number of aromatic hydroxyl groups is 1. The number of fused-ring (bicyclic) bond motifs is 1. The number of para-hydroxylation sites is 1. The van der Waals surface area contributed by atoms with Crippen LogP contribution in [0.3, 0.4) is 0 Å². The lowest BCUT2D eigenvalue weighted by atomic mass is 9.57. The summed E-state index contributed by atoms with van der Waals surface area (Å²) >= 11 is 0. The third-order valence-corrected chi connectivity index (χ3v) is 6.35. The van der Waals surface area contributed by atoms with Gasteiger partial charge in [0.25, 0.3) is 0 Å². The molecule has 0 fully saturated rings. The summed E-state index contributed by atoms with van der Waals surface area (Å²) in [4.78, 5) is 0. The molecule has 0 radical (unpaired) electrons. The van der Waals surface area contributed by atoms with Gasteiger partial charge in [-0.05, 0) is 43.0 Å². The lowest BCUT2D eigenvalue weighted by Crippen LogP contribution is -2.55. The van der Waals surface area contributed by atoms with E-state index in [0.29, 0.717) is 11.7 Å². The van der Waals surface area contributed by atoms with Crippen LogP contribution in [0.5, 0.6) is 11.5 Å². The van der Waals surface area contributed by atoms with Crippen LogP contribution in [0.2, 0.25) is 0 Å². The minimum absolute atomic E-state index is 0.103. The molecule has 3 rings (SSSR count). The number of benzene rings is 2. The van der Waals surface area contributed by atoms with Gasteiger partial charge in [0.05, 0.1) is 0 Å². The van der Waals surface area contributed by atoms with Gasteiger partial charge < -0.3 is 9.84 Å². The molecule has 1 aliphatic heterocycles. The Bertz CT molecular complexity index is 700. The van der Waals surface area contributed by atoms with Crippen molar-refractivity contribution < 1.29 is 9.84 Å². The second-order valence-corrected chi connectivity index (χ2v) is 6.96. The molecule has 24 heavy (non-hydrogen) atoms. The number of phenols is 1. The molecule has 128 valence electrons. The Morgan fingerprint density at radius 2 is 1.54 bits per heavy atom. The van der Waals surface area contributed by atoms with E-state index in [4.69, 9.17) is 4.74 Å². The van der Waals surface area contributed by atoms with E-state index in [1.807, 2.05) is 0 Å². The van der Waals surface area contributed by atoms with Crippen molar-refractivity contribution in [3.8, 4) is 11.5 Å². The Kier molecular flexibility index (Phi) is 4.33. The number of rotatable bonds is 4. The van der Waals surface area contributed by atoms with E-state index in [9.17, 15) is 5.11 Å². The Hall–Kier alpha value is -1.96. The van der Waals surface area contributed by atoms with E-state index >= 15 is 0 Å². The average Bonchev–Trinajstić information content (AvgIpc) is 2.63. The Labute approximate surface area is 145 Å². The molecule has 2 nitrogen and oxygen atoms in total. The van der Waals surface area contributed by atoms with Crippen molar-refractivity contribution in [2.24, 2.45) is 5.92 Å². The van der Waals surface area contributed by atoms with Crippen molar-refractivity contribution in [3.63, 3.8) is 0 Å². The maximum Gasteiger partial charge on any atom is 0.124 e. The van der Waals surface area contributed by atoms with Gasteiger partial charge >= 0.3 is 0 Å². The first-order chi connectivity index (χ1) is 11.5. The summed E-state index contributed by atoms with van der Waals surface area (Å²) in [5.41, 5.74) is 2.26. The molecule has 1 aliphatic rings. The second kappa shape index (κ2) is 6.16. The second-order valence-electron chi connectivity index (χ2n) is 6.96. The zero-order valence-corrected chi connectivity index (χ0v) is 15.2. The smallest absolute Gasteiger partial charge is 0.124 e. The maximum atomic E-state index is 9.74. The molecule has 0 saturated carbocycles. The molecule has 0 aromatic heterocycles. The summed E-state index contributed by atoms with van der Waals surface area (Å²) < 4.78 is 6.58. The molecule has 1 N–H and O–H groups in total. The number of hydrogen-bond donors (Lipinski definition) is 1. The zero-order valence-electron chi connectivity index (χ0n) is 15.2. The molecule has 2 aromatic carbocycles.